The molecule has 3 N–H and O–H groups in total. The Balaban J connectivity index is 3.07. The van der Waals surface area contributed by atoms with Crippen LogP contribution in [-0.2, 0) is 14.6 Å². The highest BCUT2D eigenvalue weighted by Gasteiger charge is 2.27. The summed E-state index contributed by atoms with van der Waals surface area (Å²) in [6.07, 6.45) is 2.49. The third kappa shape index (κ3) is 4.05. The number of nitrogens with one attached hydrogen (secondary N) is 1. The predicted octanol–water partition coefficient (Wildman–Crippen LogP) is 1.85. The van der Waals surface area contributed by atoms with Crippen LogP contribution in [0.3, 0.4) is 0 Å². The highest BCUT2D eigenvalue weighted by Crippen LogP contribution is 2.22. The van der Waals surface area contributed by atoms with Crippen LogP contribution in [-0.4, -0.2) is 26.1 Å². The first-order valence-corrected chi connectivity index (χ1v) is 8.38. The maximum Gasteiger partial charge on any atom is 0.244 e. The van der Waals surface area contributed by atoms with E-state index in [0.29, 0.717) is 12.1 Å². The largest absolute Gasteiger partial charge is 0.324 e. The van der Waals surface area contributed by atoms with Crippen molar-refractivity contribution in [1.29, 1.82) is 0 Å². The van der Waals surface area contributed by atoms with Gasteiger partial charge in [0.2, 0.25) is 5.91 Å². The Bertz CT molecular complexity index is 607. The fraction of sp³-hybridized carbons (Fsp3) is 0.500. The van der Waals surface area contributed by atoms with Crippen molar-refractivity contribution >= 4 is 21.4 Å². The van der Waals surface area contributed by atoms with Gasteiger partial charge in [0.05, 0.1) is 10.4 Å². The summed E-state index contributed by atoms with van der Waals surface area (Å²) >= 11 is 0. The molecule has 1 amide bonds. The van der Waals surface area contributed by atoms with Gasteiger partial charge in [-0.15, -0.1) is 0 Å². The van der Waals surface area contributed by atoms with E-state index in [4.69, 9.17) is 5.73 Å². The molecule has 1 rings (SSSR count). The molecule has 1 aromatic carbocycles. The molecule has 0 radical (unpaired) electrons. The zero-order valence-electron chi connectivity index (χ0n) is 12.4. The van der Waals surface area contributed by atoms with Gasteiger partial charge in [-0.1, -0.05) is 19.4 Å². The lowest BCUT2D eigenvalue weighted by molar-refractivity contribution is -0.120. The maximum atomic E-state index is 12.2. The van der Waals surface area contributed by atoms with Gasteiger partial charge in [-0.25, -0.2) is 8.42 Å². The SMILES string of the molecule is CCCC(C)(N)C(=O)Nc1cc(S(C)(=O)=O)ccc1C. The molecule has 0 aliphatic heterocycles. The number of carbonyl (C=O) groups is 1. The summed E-state index contributed by atoms with van der Waals surface area (Å²) in [5.41, 5.74) is 6.26. The number of hydrogen-bond acceptors (Lipinski definition) is 4. The molecular weight excluding hydrogens is 276 g/mol. The van der Waals surface area contributed by atoms with E-state index >= 15 is 0 Å². The average Bonchev–Trinajstić information content (AvgIpc) is 2.30. The molecule has 1 unspecified atom stereocenters. The number of anilines is 1. The van der Waals surface area contributed by atoms with E-state index in [-0.39, 0.29) is 10.8 Å². The maximum absolute atomic E-state index is 12.2. The predicted molar refractivity (Wildman–Crippen MR) is 80.4 cm³/mol. The summed E-state index contributed by atoms with van der Waals surface area (Å²) in [5, 5.41) is 2.72. The lowest BCUT2D eigenvalue weighted by Crippen LogP contribution is -2.48. The van der Waals surface area contributed by atoms with Crippen LogP contribution in [0.2, 0.25) is 0 Å². The second-order valence-electron chi connectivity index (χ2n) is 5.37. The lowest BCUT2D eigenvalue weighted by Gasteiger charge is -2.23. The highest BCUT2D eigenvalue weighted by molar-refractivity contribution is 7.90. The molecule has 5 nitrogen and oxygen atoms in total. The van der Waals surface area contributed by atoms with Gasteiger partial charge in [0.1, 0.15) is 0 Å². The van der Waals surface area contributed by atoms with Crippen molar-refractivity contribution in [2.24, 2.45) is 5.73 Å². The van der Waals surface area contributed by atoms with Crippen molar-refractivity contribution in [3.63, 3.8) is 0 Å². The third-order valence-corrected chi connectivity index (χ3v) is 4.28. The van der Waals surface area contributed by atoms with Crippen LogP contribution in [0, 0.1) is 6.92 Å². The quantitative estimate of drug-likeness (QED) is 0.868. The Kier molecular flexibility index (Phi) is 4.94. The van der Waals surface area contributed by atoms with Crippen LogP contribution in [0.1, 0.15) is 32.3 Å². The first-order valence-electron chi connectivity index (χ1n) is 6.49. The molecule has 0 aromatic heterocycles. The highest BCUT2D eigenvalue weighted by atomic mass is 32.2. The standard InChI is InChI=1S/C14H22N2O3S/c1-5-8-14(3,15)13(17)16-12-9-11(20(4,18)19)7-6-10(12)2/h6-7,9H,5,8,15H2,1-4H3,(H,16,17). The Labute approximate surface area is 120 Å². The van der Waals surface area contributed by atoms with Crippen LogP contribution in [0.15, 0.2) is 23.1 Å². The molecule has 6 heteroatoms. The zero-order valence-corrected chi connectivity index (χ0v) is 13.2. The third-order valence-electron chi connectivity index (χ3n) is 3.17. The zero-order chi connectivity index (χ0) is 15.6. The van der Waals surface area contributed by atoms with Crippen LogP contribution >= 0.6 is 0 Å². The Morgan fingerprint density at radius 3 is 2.50 bits per heavy atom. The minimum atomic E-state index is -3.31. The van der Waals surface area contributed by atoms with Gasteiger partial charge in [0.25, 0.3) is 0 Å². The topological polar surface area (TPSA) is 89.3 Å². The Hall–Kier alpha value is -1.40. The van der Waals surface area contributed by atoms with Crippen molar-refractivity contribution in [3.05, 3.63) is 23.8 Å². The fourth-order valence-corrected chi connectivity index (χ4v) is 2.51. The van der Waals surface area contributed by atoms with Crippen LogP contribution in [0.4, 0.5) is 5.69 Å². The minimum absolute atomic E-state index is 0.174. The molecule has 1 aromatic rings. The van der Waals surface area contributed by atoms with Crippen molar-refractivity contribution in [1.82, 2.24) is 0 Å². The van der Waals surface area contributed by atoms with E-state index in [0.717, 1.165) is 18.2 Å². The van der Waals surface area contributed by atoms with Gasteiger partial charge >= 0.3 is 0 Å². The summed E-state index contributed by atoms with van der Waals surface area (Å²) in [7, 11) is -3.31. The molecule has 0 saturated heterocycles. The second kappa shape index (κ2) is 5.93. The smallest absolute Gasteiger partial charge is 0.244 e. The summed E-state index contributed by atoms with van der Waals surface area (Å²) in [4.78, 5) is 12.3. The van der Waals surface area contributed by atoms with Crippen LogP contribution in [0.5, 0.6) is 0 Å². The van der Waals surface area contributed by atoms with E-state index in [9.17, 15) is 13.2 Å². The fourth-order valence-electron chi connectivity index (χ4n) is 1.86. The Morgan fingerprint density at radius 1 is 1.40 bits per heavy atom. The lowest BCUT2D eigenvalue weighted by atomic mass is 9.96. The number of aryl methyl sites for hydroxylation is 1. The van der Waals surface area contributed by atoms with E-state index in [2.05, 4.69) is 5.32 Å². The molecule has 0 fully saturated rings. The van der Waals surface area contributed by atoms with E-state index in [1.54, 1.807) is 19.9 Å². The number of benzene rings is 1. The second-order valence-corrected chi connectivity index (χ2v) is 7.39. The van der Waals surface area contributed by atoms with Gasteiger partial charge in [-0.05, 0) is 38.0 Å². The van der Waals surface area contributed by atoms with Crippen molar-refractivity contribution in [2.75, 3.05) is 11.6 Å². The normalized spacial score (nSPS) is 14.7. The molecule has 0 aliphatic rings. The number of carbonyl (C=O) groups excluding carboxylic acids is 1. The monoisotopic (exact) mass is 298 g/mol. The average molecular weight is 298 g/mol. The molecule has 1 atom stereocenters. The first kappa shape index (κ1) is 16.7. The number of rotatable bonds is 5. The van der Waals surface area contributed by atoms with E-state index in [1.807, 2.05) is 6.92 Å². The molecule has 0 aliphatic carbocycles. The number of sulfone groups is 1. The minimum Gasteiger partial charge on any atom is -0.324 e. The van der Waals surface area contributed by atoms with Gasteiger partial charge in [0.15, 0.2) is 9.84 Å². The Morgan fingerprint density at radius 2 is 2.00 bits per heavy atom. The molecule has 112 valence electrons. The van der Waals surface area contributed by atoms with Crippen LogP contribution in [0.25, 0.3) is 0 Å². The van der Waals surface area contributed by atoms with Gasteiger partial charge in [0, 0.05) is 11.9 Å². The van der Waals surface area contributed by atoms with Crippen molar-refractivity contribution in [3.8, 4) is 0 Å². The van der Waals surface area contributed by atoms with E-state index in [1.165, 1.54) is 12.1 Å². The molecule has 0 bridgehead atoms. The molecule has 0 heterocycles. The summed E-state index contributed by atoms with van der Waals surface area (Å²) in [5.74, 6) is -0.312. The number of hydrogen-bond donors (Lipinski definition) is 2. The van der Waals surface area contributed by atoms with Gasteiger partial charge in [-0.2, -0.15) is 0 Å². The summed E-state index contributed by atoms with van der Waals surface area (Å²) < 4.78 is 23.1. The summed E-state index contributed by atoms with van der Waals surface area (Å²) in [6.45, 7) is 5.42. The molecule has 0 saturated carbocycles. The van der Waals surface area contributed by atoms with Crippen LogP contribution < -0.4 is 11.1 Å². The number of nitrogens with two attached hydrogens (primary N) is 1. The van der Waals surface area contributed by atoms with Gasteiger partial charge in [-0.3, -0.25) is 4.79 Å². The van der Waals surface area contributed by atoms with Crippen molar-refractivity contribution < 1.29 is 13.2 Å². The van der Waals surface area contributed by atoms with Crippen molar-refractivity contribution in [2.45, 2.75) is 44.0 Å². The molecular formula is C14H22N2O3S. The van der Waals surface area contributed by atoms with E-state index < -0.39 is 15.4 Å². The molecule has 0 spiro atoms. The van der Waals surface area contributed by atoms with Gasteiger partial charge < -0.3 is 11.1 Å². The summed E-state index contributed by atoms with van der Waals surface area (Å²) in [6, 6.07) is 4.65. The molecule has 20 heavy (non-hydrogen) atoms. The number of amides is 1. The first-order chi connectivity index (χ1) is 9.08.